The van der Waals surface area contributed by atoms with E-state index >= 15 is 0 Å². The number of anilines is 1. The summed E-state index contributed by atoms with van der Waals surface area (Å²) in [6.45, 7) is -0.342. The molecule has 0 bridgehead atoms. The second-order valence-electron chi connectivity index (χ2n) is 7.99. The molecule has 2 saturated heterocycles. The van der Waals surface area contributed by atoms with Crippen LogP contribution in [0.3, 0.4) is 0 Å². The molecular weight excluding hydrogens is 461 g/mol. The lowest BCUT2D eigenvalue weighted by molar-refractivity contribution is -0.161. The summed E-state index contributed by atoms with van der Waals surface area (Å²) in [4.78, 5) is 43.0. The minimum atomic E-state index is -4.47. The molecule has 174 valence electrons. The number of benzene rings is 2. The van der Waals surface area contributed by atoms with Crippen LogP contribution in [0, 0.1) is 0 Å². The average molecular weight is 481 g/mol. The van der Waals surface area contributed by atoms with Gasteiger partial charge in [0.2, 0.25) is 5.91 Å². The lowest BCUT2D eigenvalue weighted by Crippen LogP contribution is -2.81. The minimum Gasteiger partial charge on any atom is -0.341 e. The Morgan fingerprint density at radius 1 is 1.06 bits per heavy atom. The van der Waals surface area contributed by atoms with Crippen molar-refractivity contribution in [2.75, 3.05) is 31.6 Å². The molecule has 11 heteroatoms. The number of piperazine rings is 1. The number of halogens is 4. The van der Waals surface area contributed by atoms with Crippen LogP contribution >= 0.6 is 11.6 Å². The van der Waals surface area contributed by atoms with Gasteiger partial charge in [0.05, 0.1) is 18.7 Å². The normalized spacial score (nSPS) is 17.9. The monoisotopic (exact) mass is 480 g/mol. The van der Waals surface area contributed by atoms with Crippen molar-refractivity contribution in [3.8, 4) is 0 Å². The van der Waals surface area contributed by atoms with Crippen LogP contribution in [0.15, 0.2) is 48.5 Å². The number of alkyl halides is 3. The Bertz CT molecular complexity index is 1080. The van der Waals surface area contributed by atoms with Gasteiger partial charge in [0.25, 0.3) is 5.91 Å². The number of urea groups is 1. The molecule has 0 saturated carbocycles. The second-order valence-corrected chi connectivity index (χ2v) is 8.42. The fourth-order valence-corrected chi connectivity index (χ4v) is 4.27. The van der Waals surface area contributed by atoms with E-state index in [1.807, 2.05) is 0 Å². The largest absolute Gasteiger partial charge is 0.416 e. The van der Waals surface area contributed by atoms with E-state index in [1.54, 1.807) is 24.3 Å². The Balaban J connectivity index is 1.64. The van der Waals surface area contributed by atoms with Gasteiger partial charge < -0.3 is 20.0 Å². The van der Waals surface area contributed by atoms with E-state index in [1.165, 1.54) is 33.9 Å². The quantitative estimate of drug-likeness (QED) is 0.733. The first-order chi connectivity index (χ1) is 15.5. The fourth-order valence-electron chi connectivity index (χ4n) is 4.14. The summed E-state index contributed by atoms with van der Waals surface area (Å²) in [5.41, 5.74) is -1.18. The van der Waals surface area contributed by atoms with Gasteiger partial charge in [-0.15, -0.1) is 0 Å². The highest BCUT2D eigenvalue weighted by Crippen LogP contribution is 2.37. The van der Waals surface area contributed by atoms with Crippen LogP contribution in [0.2, 0.25) is 5.02 Å². The number of likely N-dealkylation sites (tertiary alicyclic amines) is 1. The Kier molecular flexibility index (Phi) is 5.73. The molecule has 0 atom stereocenters. The van der Waals surface area contributed by atoms with E-state index < -0.39 is 17.3 Å². The zero-order chi connectivity index (χ0) is 24.0. The highest BCUT2D eigenvalue weighted by molar-refractivity contribution is 6.30. The molecular formula is C22H20ClF3N4O3. The molecule has 0 aromatic heterocycles. The maximum Gasteiger partial charge on any atom is 0.416 e. The third-order valence-electron chi connectivity index (χ3n) is 5.92. The third-order valence-corrected chi connectivity index (χ3v) is 6.17. The number of rotatable bonds is 3. The van der Waals surface area contributed by atoms with Crippen LogP contribution in [-0.4, -0.2) is 59.9 Å². The predicted octanol–water partition coefficient (Wildman–Crippen LogP) is 3.13. The van der Waals surface area contributed by atoms with Crippen molar-refractivity contribution < 1.29 is 27.6 Å². The van der Waals surface area contributed by atoms with Crippen molar-refractivity contribution in [1.82, 2.24) is 15.1 Å². The number of nitrogens with one attached hydrogen (secondary N) is 1. The number of carbonyl (C=O) groups is 3. The lowest BCUT2D eigenvalue weighted by atomic mass is 9.83. The highest BCUT2D eigenvalue weighted by Gasteiger charge is 2.60. The first-order valence-electron chi connectivity index (χ1n) is 10.1. The number of carbonyl (C=O) groups excluding carboxylic acids is 3. The van der Waals surface area contributed by atoms with Crippen molar-refractivity contribution in [2.24, 2.45) is 0 Å². The molecule has 2 aromatic rings. The van der Waals surface area contributed by atoms with Gasteiger partial charge in [0, 0.05) is 24.3 Å². The summed E-state index contributed by atoms with van der Waals surface area (Å²) in [6, 6.07) is 10.5. The number of hydrogen-bond donors (Lipinski definition) is 1. The van der Waals surface area contributed by atoms with Crippen LogP contribution < -0.4 is 10.2 Å². The Hall–Kier alpha value is -3.27. The summed E-state index contributed by atoms with van der Waals surface area (Å²) in [7, 11) is 1.46. The van der Waals surface area contributed by atoms with Crippen LogP contribution in [0.1, 0.15) is 11.1 Å². The van der Waals surface area contributed by atoms with Crippen LogP contribution in [0.4, 0.5) is 23.7 Å². The second kappa shape index (κ2) is 8.26. The molecule has 0 aliphatic carbocycles. The highest BCUT2D eigenvalue weighted by atomic mass is 35.5. The minimum absolute atomic E-state index is 0.0258. The maximum absolute atomic E-state index is 13.6. The molecule has 1 N–H and O–H groups in total. The van der Waals surface area contributed by atoms with Gasteiger partial charge in [-0.3, -0.25) is 9.59 Å². The maximum atomic E-state index is 13.6. The molecule has 0 radical (unpaired) electrons. The van der Waals surface area contributed by atoms with Crippen molar-refractivity contribution >= 4 is 35.1 Å². The van der Waals surface area contributed by atoms with E-state index in [2.05, 4.69) is 5.32 Å². The van der Waals surface area contributed by atoms with Gasteiger partial charge in [-0.25, -0.2) is 4.79 Å². The fraction of sp³-hybridized carbons (Fsp3) is 0.318. The lowest BCUT2D eigenvalue weighted by Gasteiger charge is -2.57. The summed E-state index contributed by atoms with van der Waals surface area (Å²) in [6.07, 6.45) is -4.47. The van der Waals surface area contributed by atoms with Gasteiger partial charge >= 0.3 is 12.2 Å². The predicted molar refractivity (Wildman–Crippen MR) is 115 cm³/mol. The number of nitrogens with zero attached hydrogens (tertiary/aromatic N) is 3. The summed E-state index contributed by atoms with van der Waals surface area (Å²) < 4.78 is 38.7. The smallest absolute Gasteiger partial charge is 0.341 e. The average Bonchev–Trinajstić information content (AvgIpc) is 2.75. The van der Waals surface area contributed by atoms with Gasteiger partial charge in [0.1, 0.15) is 6.54 Å². The summed E-state index contributed by atoms with van der Waals surface area (Å²) >= 11 is 5.93. The Morgan fingerprint density at radius 2 is 1.67 bits per heavy atom. The molecule has 7 nitrogen and oxygen atoms in total. The molecule has 4 rings (SSSR count). The van der Waals surface area contributed by atoms with Crippen molar-refractivity contribution in [3.63, 3.8) is 0 Å². The van der Waals surface area contributed by atoms with Gasteiger partial charge in [0.15, 0.2) is 5.54 Å². The molecule has 4 amide bonds. The van der Waals surface area contributed by atoms with E-state index in [4.69, 9.17) is 11.6 Å². The molecule has 2 aliphatic rings. The van der Waals surface area contributed by atoms with E-state index in [9.17, 15) is 27.6 Å². The van der Waals surface area contributed by atoms with Gasteiger partial charge in [-0.1, -0.05) is 23.7 Å². The topological polar surface area (TPSA) is 73.0 Å². The van der Waals surface area contributed by atoms with Crippen molar-refractivity contribution in [3.05, 3.63) is 64.7 Å². The number of amides is 4. The van der Waals surface area contributed by atoms with Crippen LogP contribution in [-0.2, 0) is 22.3 Å². The van der Waals surface area contributed by atoms with Crippen LogP contribution in [0.5, 0.6) is 0 Å². The van der Waals surface area contributed by atoms with Gasteiger partial charge in [-0.05, 0) is 42.0 Å². The molecule has 2 aliphatic heterocycles. The first-order valence-corrected chi connectivity index (χ1v) is 10.4. The summed E-state index contributed by atoms with van der Waals surface area (Å²) in [5, 5.41) is 2.96. The molecule has 0 unspecified atom stereocenters. The van der Waals surface area contributed by atoms with Crippen molar-refractivity contribution in [1.29, 1.82) is 0 Å². The summed E-state index contributed by atoms with van der Waals surface area (Å²) in [5.74, 6) is -0.738. The molecule has 2 heterocycles. The van der Waals surface area contributed by atoms with E-state index in [0.717, 1.165) is 12.1 Å². The third kappa shape index (κ3) is 4.10. The zero-order valence-electron chi connectivity index (χ0n) is 17.5. The Morgan fingerprint density at radius 3 is 2.21 bits per heavy atom. The van der Waals surface area contributed by atoms with E-state index in [0.29, 0.717) is 16.3 Å². The zero-order valence-corrected chi connectivity index (χ0v) is 18.3. The molecule has 2 aromatic carbocycles. The molecule has 1 spiro atoms. The first kappa shape index (κ1) is 22.9. The standard InChI is InChI=1S/C22H20ClF3N4O3/c1-27-20(33)28-12-21(13-28)19(32)29(17-8-6-16(23)7-9-17)11-18(31)30(21)10-14-2-4-15(5-3-14)22(24,25)26/h2-9H,10-13H2,1H3,(H,27,33). The molecule has 33 heavy (non-hydrogen) atoms. The van der Waals surface area contributed by atoms with Crippen molar-refractivity contribution in [2.45, 2.75) is 18.3 Å². The molecule has 2 fully saturated rings. The van der Waals surface area contributed by atoms with Crippen LogP contribution in [0.25, 0.3) is 0 Å². The number of hydrogen-bond acceptors (Lipinski definition) is 3. The Labute approximate surface area is 192 Å². The van der Waals surface area contributed by atoms with E-state index in [-0.39, 0.29) is 44.0 Å². The SMILES string of the molecule is CNC(=O)N1CC2(C1)C(=O)N(c1ccc(Cl)cc1)CC(=O)N2Cc1ccc(C(F)(F)F)cc1. The van der Waals surface area contributed by atoms with Gasteiger partial charge in [-0.2, -0.15) is 13.2 Å².